The van der Waals surface area contributed by atoms with Gasteiger partial charge in [0, 0.05) is 24.4 Å². The highest BCUT2D eigenvalue weighted by atomic mass is 32.1. The number of aryl methyl sites for hydroxylation is 2. The molecule has 0 saturated heterocycles. The molecule has 2 aromatic carbocycles. The van der Waals surface area contributed by atoms with E-state index in [-0.39, 0.29) is 11.7 Å². The van der Waals surface area contributed by atoms with Crippen molar-refractivity contribution in [3.8, 4) is 5.75 Å². The van der Waals surface area contributed by atoms with Gasteiger partial charge in [-0.05, 0) is 37.0 Å². The minimum atomic E-state index is -4.73. The van der Waals surface area contributed by atoms with Gasteiger partial charge in [-0.25, -0.2) is 9.97 Å². The number of rotatable bonds is 9. The molecule has 0 spiro atoms. The summed E-state index contributed by atoms with van der Waals surface area (Å²) in [4.78, 5) is 24.2. The highest BCUT2D eigenvalue weighted by Crippen LogP contribution is 2.26. The van der Waals surface area contributed by atoms with Gasteiger partial charge in [-0.2, -0.15) is 0 Å². The number of nitrogens with zero attached hydrogens (tertiary/aromatic N) is 2. The van der Waals surface area contributed by atoms with E-state index in [4.69, 9.17) is 0 Å². The summed E-state index contributed by atoms with van der Waals surface area (Å²) in [7, 11) is 0. The number of thiazole rings is 1. The summed E-state index contributed by atoms with van der Waals surface area (Å²) in [6, 6.07) is 13.7. The van der Waals surface area contributed by atoms with Crippen LogP contribution in [0.5, 0.6) is 5.75 Å². The second-order valence-corrected chi connectivity index (χ2v) is 8.35. The molecule has 4 aromatic rings. The van der Waals surface area contributed by atoms with Crippen LogP contribution >= 0.6 is 11.3 Å². The summed E-state index contributed by atoms with van der Waals surface area (Å²) in [6.07, 6.45) is -1.67. The van der Waals surface area contributed by atoms with Crippen LogP contribution in [0.2, 0.25) is 0 Å². The molecule has 10 heteroatoms. The van der Waals surface area contributed by atoms with Gasteiger partial charge in [-0.3, -0.25) is 4.79 Å². The highest BCUT2D eigenvalue weighted by molar-refractivity contribution is 7.09. The summed E-state index contributed by atoms with van der Waals surface area (Å²) in [5.74, 6) is 0.226. The lowest BCUT2D eigenvalue weighted by atomic mass is 10.2. The number of halogens is 3. The summed E-state index contributed by atoms with van der Waals surface area (Å²) >= 11 is 1.45. The number of carbonyl (C=O) groups is 1. The Morgan fingerprint density at radius 2 is 1.85 bits per heavy atom. The average Bonchev–Trinajstić information content (AvgIpc) is 3.41. The van der Waals surface area contributed by atoms with Crippen molar-refractivity contribution in [1.29, 1.82) is 0 Å². The fourth-order valence-corrected chi connectivity index (χ4v) is 4.15. The number of aromatic nitrogens is 3. The highest BCUT2D eigenvalue weighted by Gasteiger charge is 2.31. The van der Waals surface area contributed by atoms with Gasteiger partial charge >= 0.3 is 6.36 Å². The molecule has 172 valence electrons. The average molecular weight is 475 g/mol. The number of imidazole rings is 1. The minimum Gasteiger partial charge on any atom is -0.406 e. The maximum atomic E-state index is 12.4. The number of hydrogen-bond donors (Lipinski definition) is 2. The second kappa shape index (κ2) is 10.0. The zero-order chi connectivity index (χ0) is 23.3. The van der Waals surface area contributed by atoms with Gasteiger partial charge in [-0.15, -0.1) is 24.5 Å². The number of fused-ring (bicyclic) bond motifs is 1. The third-order valence-corrected chi connectivity index (χ3v) is 5.78. The number of ether oxygens (including phenoxy) is 1. The molecule has 0 bridgehead atoms. The quantitative estimate of drug-likeness (QED) is 0.318. The van der Waals surface area contributed by atoms with Crippen LogP contribution in [0.25, 0.3) is 11.0 Å². The Labute approximate surface area is 191 Å². The molecule has 2 heterocycles. The Hall–Kier alpha value is -3.40. The molecule has 6 nitrogen and oxygen atoms in total. The van der Waals surface area contributed by atoms with E-state index < -0.39 is 6.36 Å². The van der Waals surface area contributed by atoms with Crippen LogP contribution in [0.3, 0.4) is 0 Å². The molecule has 0 atom stereocenters. The Morgan fingerprint density at radius 1 is 1.06 bits per heavy atom. The van der Waals surface area contributed by atoms with Gasteiger partial charge in [0.05, 0.1) is 16.0 Å². The van der Waals surface area contributed by atoms with Crippen molar-refractivity contribution in [2.45, 2.75) is 38.6 Å². The molecule has 0 fully saturated rings. The van der Waals surface area contributed by atoms with Gasteiger partial charge in [-0.1, -0.05) is 30.3 Å². The van der Waals surface area contributed by atoms with Crippen molar-refractivity contribution in [2.24, 2.45) is 0 Å². The molecule has 0 saturated carbocycles. The van der Waals surface area contributed by atoms with Crippen LogP contribution in [0.1, 0.15) is 39.7 Å². The summed E-state index contributed by atoms with van der Waals surface area (Å²) in [5, 5.41) is 5.51. The fourth-order valence-electron chi connectivity index (χ4n) is 3.32. The summed E-state index contributed by atoms with van der Waals surface area (Å²) in [5.41, 5.74) is 2.53. The van der Waals surface area contributed by atoms with Crippen molar-refractivity contribution in [3.05, 3.63) is 76.0 Å². The molecule has 2 aromatic heterocycles. The zero-order valence-electron chi connectivity index (χ0n) is 17.5. The Morgan fingerprint density at radius 3 is 2.64 bits per heavy atom. The number of alkyl halides is 3. The zero-order valence-corrected chi connectivity index (χ0v) is 18.3. The van der Waals surface area contributed by atoms with Crippen LogP contribution < -0.4 is 10.1 Å². The van der Waals surface area contributed by atoms with Crippen molar-refractivity contribution in [3.63, 3.8) is 0 Å². The van der Waals surface area contributed by atoms with Gasteiger partial charge in [0.1, 0.15) is 17.3 Å². The fraction of sp³-hybridized carbons (Fsp3) is 0.261. The van der Waals surface area contributed by atoms with E-state index in [2.05, 4.69) is 25.0 Å². The maximum absolute atomic E-state index is 12.4. The standard InChI is InChI=1S/C23H21F3N4O2S/c24-23(25,26)32-16-10-11-17-18(12-16)29-20(28-17)8-4-5-9-21-30-19(14-33-21)22(31)27-13-15-6-2-1-3-7-15/h1-3,6-7,10-12,14H,4-5,8-9,13H2,(H,27,31)(H,28,29). The number of nitrogens with one attached hydrogen (secondary N) is 2. The third-order valence-electron chi connectivity index (χ3n) is 4.87. The number of benzene rings is 2. The lowest BCUT2D eigenvalue weighted by Crippen LogP contribution is -2.23. The van der Waals surface area contributed by atoms with Crippen LogP contribution in [0.4, 0.5) is 13.2 Å². The molecule has 1 amide bonds. The summed E-state index contributed by atoms with van der Waals surface area (Å²) in [6.45, 7) is 0.452. The van der Waals surface area contributed by atoms with E-state index in [1.807, 2.05) is 30.3 Å². The first kappa shape index (κ1) is 22.8. The first-order chi connectivity index (χ1) is 15.9. The van der Waals surface area contributed by atoms with E-state index in [1.54, 1.807) is 5.38 Å². The first-order valence-corrected chi connectivity index (χ1v) is 11.2. The normalized spacial score (nSPS) is 11.6. The lowest BCUT2D eigenvalue weighted by molar-refractivity contribution is -0.274. The molecule has 0 aliphatic heterocycles. The van der Waals surface area contributed by atoms with Crippen molar-refractivity contribution in [2.75, 3.05) is 0 Å². The van der Waals surface area contributed by atoms with E-state index in [0.29, 0.717) is 35.5 Å². The largest absolute Gasteiger partial charge is 0.573 e. The monoisotopic (exact) mass is 474 g/mol. The van der Waals surface area contributed by atoms with E-state index in [1.165, 1.54) is 29.5 Å². The first-order valence-electron chi connectivity index (χ1n) is 10.4. The lowest BCUT2D eigenvalue weighted by Gasteiger charge is -2.07. The van der Waals surface area contributed by atoms with Gasteiger partial charge in [0.15, 0.2) is 0 Å². The smallest absolute Gasteiger partial charge is 0.406 e. The van der Waals surface area contributed by atoms with E-state index in [9.17, 15) is 18.0 Å². The minimum absolute atomic E-state index is 0.197. The maximum Gasteiger partial charge on any atom is 0.573 e. The van der Waals surface area contributed by atoms with Crippen LogP contribution in [0, 0.1) is 0 Å². The molecule has 4 rings (SSSR count). The van der Waals surface area contributed by atoms with Gasteiger partial charge in [0.2, 0.25) is 0 Å². The van der Waals surface area contributed by atoms with E-state index >= 15 is 0 Å². The Balaban J connectivity index is 1.23. The van der Waals surface area contributed by atoms with Crippen molar-refractivity contribution >= 4 is 28.3 Å². The van der Waals surface area contributed by atoms with E-state index in [0.717, 1.165) is 29.8 Å². The second-order valence-electron chi connectivity index (χ2n) is 7.41. The predicted molar refractivity (Wildman–Crippen MR) is 119 cm³/mol. The number of unbranched alkanes of at least 4 members (excludes halogenated alkanes) is 1. The summed E-state index contributed by atoms with van der Waals surface area (Å²) < 4.78 is 41.1. The van der Waals surface area contributed by atoms with Crippen LogP contribution in [-0.2, 0) is 19.4 Å². The molecule has 2 N–H and O–H groups in total. The van der Waals surface area contributed by atoms with Crippen LogP contribution in [0.15, 0.2) is 53.9 Å². The number of aromatic amines is 1. The van der Waals surface area contributed by atoms with Crippen molar-refractivity contribution in [1.82, 2.24) is 20.3 Å². The molecule has 0 aliphatic carbocycles. The molecular formula is C23H21F3N4O2S. The topological polar surface area (TPSA) is 79.9 Å². The molecular weight excluding hydrogens is 453 g/mol. The number of amides is 1. The molecule has 0 radical (unpaired) electrons. The predicted octanol–water partition coefficient (Wildman–Crippen LogP) is 5.41. The SMILES string of the molecule is O=C(NCc1ccccc1)c1csc(CCCCc2nc3ccc(OC(F)(F)F)cc3[nH]2)n1. The van der Waals surface area contributed by atoms with Gasteiger partial charge < -0.3 is 15.0 Å². The van der Waals surface area contributed by atoms with Crippen LogP contribution in [-0.4, -0.2) is 27.2 Å². The third kappa shape index (κ3) is 6.55. The Kier molecular flexibility index (Phi) is 6.93. The molecule has 0 aliphatic rings. The number of hydrogen-bond acceptors (Lipinski definition) is 5. The molecule has 33 heavy (non-hydrogen) atoms. The number of carbonyl (C=O) groups excluding carboxylic acids is 1. The van der Waals surface area contributed by atoms with Crippen molar-refractivity contribution < 1.29 is 22.7 Å². The molecule has 0 unspecified atom stereocenters. The number of H-pyrrole nitrogens is 1. The van der Waals surface area contributed by atoms with Gasteiger partial charge in [0.25, 0.3) is 5.91 Å². The Bertz CT molecular complexity index is 1220.